The number of esters is 1. The molecule has 0 saturated carbocycles. The molecule has 0 aromatic heterocycles. The van der Waals surface area contributed by atoms with E-state index < -0.39 is 66.3 Å². The Labute approximate surface area is 228 Å². The van der Waals surface area contributed by atoms with Gasteiger partial charge in [0.1, 0.15) is 24.0 Å². The third kappa shape index (κ3) is 6.40. The van der Waals surface area contributed by atoms with Crippen LogP contribution in [0.4, 0.5) is 4.79 Å². The Morgan fingerprint density at radius 2 is 1.70 bits per heavy atom. The van der Waals surface area contributed by atoms with Crippen LogP contribution in [0.5, 0.6) is 0 Å². The molecule has 0 spiro atoms. The number of carboxylic acid groups (broad SMARTS) is 1. The first-order valence-corrected chi connectivity index (χ1v) is 11.9. The van der Waals surface area contributed by atoms with E-state index in [1.165, 1.54) is 31.2 Å². The lowest BCUT2D eigenvalue weighted by Gasteiger charge is -2.23. The predicted molar refractivity (Wildman–Crippen MR) is 139 cm³/mol. The minimum atomic E-state index is -1.65. The number of nitrogens with zero attached hydrogens (tertiary/aromatic N) is 1. The Bertz CT molecular complexity index is 1350. The molecule has 1 unspecified atom stereocenters. The molecule has 14 nitrogen and oxygen atoms in total. The molecule has 1 aliphatic rings. The monoisotopic (exact) mass is 552 g/mol. The number of imide groups is 1. The lowest BCUT2D eigenvalue weighted by molar-refractivity contribution is -0.146. The van der Waals surface area contributed by atoms with Crippen molar-refractivity contribution in [2.75, 3.05) is 13.7 Å². The summed E-state index contributed by atoms with van der Waals surface area (Å²) >= 11 is 0. The highest BCUT2D eigenvalue weighted by Gasteiger charge is 2.49. The van der Waals surface area contributed by atoms with E-state index in [-0.39, 0.29) is 5.84 Å². The molecule has 7 N–H and O–H groups in total. The summed E-state index contributed by atoms with van der Waals surface area (Å²) in [5.74, 6) is -5.19. The first kappa shape index (κ1) is 29.3. The minimum absolute atomic E-state index is 0.182. The highest BCUT2D eigenvalue weighted by Crippen LogP contribution is 2.29. The second-order valence-electron chi connectivity index (χ2n) is 9.03. The van der Waals surface area contributed by atoms with E-state index in [1.807, 2.05) is 0 Å². The largest absolute Gasteiger partial charge is 0.481 e. The van der Waals surface area contributed by atoms with Crippen LogP contribution in [0.3, 0.4) is 0 Å². The number of urea groups is 1. The molecule has 210 valence electrons. The smallest absolute Gasteiger partial charge is 0.333 e. The van der Waals surface area contributed by atoms with Gasteiger partial charge < -0.3 is 31.5 Å². The summed E-state index contributed by atoms with van der Waals surface area (Å²) in [4.78, 5) is 75.9. The van der Waals surface area contributed by atoms with Gasteiger partial charge in [0.2, 0.25) is 11.8 Å². The Kier molecular flexibility index (Phi) is 8.83. The number of amides is 5. The van der Waals surface area contributed by atoms with Gasteiger partial charge in [0.15, 0.2) is 6.04 Å². The van der Waals surface area contributed by atoms with Gasteiger partial charge in [-0.3, -0.25) is 29.5 Å². The predicted octanol–water partition coefficient (Wildman–Crippen LogP) is -0.272. The molecule has 0 aliphatic carbocycles. The maximum Gasteiger partial charge on any atom is 0.333 e. The van der Waals surface area contributed by atoms with E-state index in [9.17, 15) is 33.9 Å². The fourth-order valence-electron chi connectivity index (χ4n) is 4.07. The third-order valence-corrected chi connectivity index (χ3v) is 6.24. The SMILES string of the molecule is COC(=O)[C@@H](NC(=O)[C@H](CC(=O)O)NC(=O)CN1C(=O)NC(C)(c2ccc(C(=N)N)cc2)C1=O)c1ccccc1. The number of ether oxygens (including phenoxy) is 1. The van der Waals surface area contributed by atoms with Gasteiger partial charge in [0.05, 0.1) is 13.5 Å². The molecular formula is C26H28N6O8. The van der Waals surface area contributed by atoms with Gasteiger partial charge in [-0.05, 0) is 18.1 Å². The number of methoxy groups -OCH3 is 1. The Morgan fingerprint density at radius 1 is 1.07 bits per heavy atom. The molecule has 0 radical (unpaired) electrons. The van der Waals surface area contributed by atoms with Crippen molar-refractivity contribution in [3.05, 3.63) is 71.3 Å². The number of carbonyl (C=O) groups is 6. The van der Waals surface area contributed by atoms with Gasteiger partial charge in [0, 0.05) is 5.56 Å². The minimum Gasteiger partial charge on any atom is -0.481 e. The van der Waals surface area contributed by atoms with Crippen LogP contribution in [0.1, 0.15) is 36.1 Å². The number of amidine groups is 1. The first-order chi connectivity index (χ1) is 18.9. The van der Waals surface area contributed by atoms with Crippen LogP contribution in [0.2, 0.25) is 0 Å². The van der Waals surface area contributed by atoms with E-state index in [0.29, 0.717) is 21.6 Å². The maximum absolute atomic E-state index is 13.2. The van der Waals surface area contributed by atoms with Gasteiger partial charge in [-0.1, -0.05) is 54.6 Å². The molecule has 3 rings (SSSR count). The standard InChI is InChI=1S/C26H28N6O8/c1-26(16-10-8-15(9-11-16)21(27)28)24(38)32(25(39)31-26)13-18(33)29-17(12-19(34)35)22(36)30-20(23(37)40-2)14-6-4-3-5-7-14/h3-11,17,20H,12-13H2,1-2H3,(H3,27,28)(H,29,33)(H,30,36)(H,31,39)(H,34,35)/t17-,20-,26?/m0/s1. The summed E-state index contributed by atoms with van der Waals surface area (Å²) in [6.45, 7) is 0.624. The lowest BCUT2D eigenvalue weighted by atomic mass is 9.91. The number of nitrogens with one attached hydrogen (secondary N) is 4. The Balaban J connectivity index is 1.74. The number of carbonyl (C=O) groups excluding carboxylic acids is 5. The van der Waals surface area contributed by atoms with Crippen molar-refractivity contribution in [3.63, 3.8) is 0 Å². The fraction of sp³-hybridized carbons (Fsp3) is 0.269. The number of rotatable bonds is 11. The topological polar surface area (TPSA) is 221 Å². The molecule has 40 heavy (non-hydrogen) atoms. The molecule has 1 aliphatic heterocycles. The van der Waals surface area contributed by atoms with Crippen LogP contribution in [-0.4, -0.2) is 71.2 Å². The summed E-state index contributed by atoms with van der Waals surface area (Å²) in [6.07, 6.45) is -0.847. The average Bonchev–Trinajstić information content (AvgIpc) is 3.14. The number of aliphatic carboxylic acids is 1. The fourth-order valence-corrected chi connectivity index (χ4v) is 4.07. The number of nitrogens with two attached hydrogens (primary N) is 1. The lowest BCUT2D eigenvalue weighted by Crippen LogP contribution is -2.52. The average molecular weight is 553 g/mol. The molecule has 2 aromatic carbocycles. The van der Waals surface area contributed by atoms with Crippen LogP contribution >= 0.6 is 0 Å². The molecule has 0 bridgehead atoms. The van der Waals surface area contributed by atoms with Crippen LogP contribution in [-0.2, 0) is 34.2 Å². The molecule has 1 heterocycles. The van der Waals surface area contributed by atoms with Crippen molar-refractivity contribution < 1.29 is 38.6 Å². The van der Waals surface area contributed by atoms with E-state index >= 15 is 0 Å². The van der Waals surface area contributed by atoms with Crippen LogP contribution < -0.4 is 21.7 Å². The molecule has 2 aromatic rings. The van der Waals surface area contributed by atoms with Crippen LogP contribution in [0.15, 0.2) is 54.6 Å². The summed E-state index contributed by atoms with van der Waals surface area (Å²) in [5, 5.41) is 23.9. The third-order valence-electron chi connectivity index (χ3n) is 6.24. The van der Waals surface area contributed by atoms with Crippen molar-refractivity contribution in [2.24, 2.45) is 5.73 Å². The Morgan fingerprint density at radius 3 is 2.25 bits per heavy atom. The first-order valence-electron chi connectivity index (χ1n) is 11.9. The second kappa shape index (κ2) is 12.1. The van der Waals surface area contributed by atoms with E-state index in [1.54, 1.807) is 30.3 Å². The summed E-state index contributed by atoms with van der Waals surface area (Å²) < 4.78 is 4.73. The molecule has 1 fully saturated rings. The number of carboxylic acids is 1. The number of hydrogen-bond acceptors (Lipinski definition) is 8. The molecule has 1 saturated heterocycles. The molecule has 14 heteroatoms. The zero-order chi connectivity index (χ0) is 29.6. The normalized spacial score (nSPS) is 17.8. The zero-order valence-corrected chi connectivity index (χ0v) is 21.6. The maximum atomic E-state index is 13.2. The van der Waals surface area contributed by atoms with Crippen molar-refractivity contribution >= 4 is 41.5 Å². The molecular weight excluding hydrogens is 524 g/mol. The molecule has 3 atom stereocenters. The molecule has 5 amide bonds. The highest BCUT2D eigenvalue weighted by molar-refractivity contribution is 6.09. The number of benzene rings is 2. The summed E-state index contributed by atoms with van der Waals surface area (Å²) in [7, 11) is 1.12. The van der Waals surface area contributed by atoms with Gasteiger partial charge >= 0.3 is 18.0 Å². The Hall–Kier alpha value is -5.27. The van der Waals surface area contributed by atoms with Crippen LogP contribution in [0.25, 0.3) is 0 Å². The van der Waals surface area contributed by atoms with Crippen molar-refractivity contribution in [2.45, 2.75) is 31.0 Å². The van der Waals surface area contributed by atoms with Gasteiger partial charge in [-0.15, -0.1) is 0 Å². The number of hydrogen-bond donors (Lipinski definition) is 6. The number of nitrogen functional groups attached to an aromatic ring is 1. The van der Waals surface area contributed by atoms with Crippen LogP contribution in [0, 0.1) is 5.41 Å². The summed E-state index contributed by atoms with van der Waals surface area (Å²) in [5.41, 5.74) is 5.06. The highest BCUT2D eigenvalue weighted by atomic mass is 16.5. The van der Waals surface area contributed by atoms with E-state index in [4.69, 9.17) is 15.9 Å². The quantitative estimate of drug-likeness (QED) is 0.0933. The van der Waals surface area contributed by atoms with Gasteiger partial charge in [-0.2, -0.15) is 0 Å². The second-order valence-corrected chi connectivity index (χ2v) is 9.03. The van der Waals surface area contributed by atoms with Gasteiger partial charge in [0.25, 0.3) is 5.91 Å². The summed E-state index contributed by atoms with van der Waals surface area (Å²) in [6, 6.07) is 10.3. The van der Waals surface area contributed by atoms with E-state index in [0.717, 1.165) is 7.11 Å². The zero-order valence-electron chi connectivity index (χ0n) is 21.6. The van der Waals surface area contributed by atoms with Crippen molar-refractivity contribution in [3.8, 4) is 0 Å². The van der Waals surface area contributed by atoms with Crippen molar-refractivity contribution in [1.82, 2.24) is 20.9 Å². The van der Waals surface area contributed by atoms with E-state index in [2.05, 4.69) is 16.0 Å². The van der Waals surface area contributed by atoms with Crippen molar-refractivity contribution in [1.29, 1.82) is 5.41 Å². The van der Waals surface area contributed by atoms with Gasteiger partial charge in [-0.25, -0.2) is 9.59 Å².